The number of hydrogen-bond acceptors (Lipinski definition) is 9. The van der Waals surface area contributed by atoms with E-state index in [1.54, 1.807) is 4.68 Å². The Morgan fingerprint density at radius 2 is 1.67 bits per heavy atom. The first-order chi connectivity index (χ1) is 20.4. The molecule has 11 nitrogen and oxygen atoms in total. The maximum atomic E-state index is 15.8. The highest BCUT2D eigenvalue weighted by Gasteiger charge is 2.44. The number of rotatable bonds is 8. The van der Waals surface area contributed by atoms with Gasteiger partial charge in [0, 0.05) is 56.9 Å². The van der Waals surface area contributed by atoms with Gasteiger partial charge >= 0.3 is 5.97 Å². The van der Waals surface area contributed by atoms with Crippen molar-refractivity contribution in [3.05, 3.63) is 60.9 Å². The summed E-state index contributed by atoms with van der Waals surface area (Å²) in [5.41, 5.74) is 8.29. The second-order valence-electron chi connectivity index (χ2n) is 11.4. The summed E-state index contributed by atoms with van der Waals surface area (Å²) in [4.78, 5) is 26.1. The van der Waals surface area contributed by atoms with Gasteiger partial charge in [-0.25, -0.2) is 19.0 Å². The molecule has 0 aliphatic carbocycles. The average Bonchev–Trinajstić information content (AvgIpc) is 3.32. The highest BCUT2D eigenvalue weighted by atomic mass is 19.1. The Morgan fingerprint density at radius 1 is 0.952 bits per heavy atom. The van der Waals surface area contributed by atoms with Crippen LogP contribution in [0.1, 0.15) is 12.5 Å². The quantitative estimate of drug-likeness (QED) is 0.326. The largest absolute Gasteiger partial charge is 0.480 e. The minimum Gasteiger partial charge on any atom is -0.480 e. The fourth-order valence-electron chi connectivity index (χ4n) is 6.37. The van der Waals surface area contributed by atoms with Crippen molar-refractivity contribution >= 4 is 22.8 Å². The first-order valence-corrected chi connectivity index (χ1v) is 14.3. The van der Waals surface area contributed by atoms with Gasteiger partial charge in [0.1, 0.15) is 35.5 Å². The van der Waals surface area contributed by atoms with E-state index in [1.807, 2.05) is 59.5 Å². The smallest absolute Gasteiger partial charge is 0.317 e. The SMILES string of the molecule is Nc1ncnc2c1c(-c1ccc(Oc3ccccc3)cc1)nn2[C@@H]1CCN(C2CN(C3CN(CC(=O)O)C3)C2)C[C@H]1F. The molecule has 3 fully saturated rings. The molecule has 0 saturated carbocycles. The van der Waals surface area contributed by atoms with Crippen LogP contribution in [0.2, 0.25) is 0 Å². The van der Waals surface area contributed by atoms with Gasteiger partial charge in [0.15, 0.2) is 5.65 Å². The van der Waals surface area contributed by atoms with Crippen LogP contribution in [-0.4, -0.2) is 110 Å². The number of halogens is 1. The summed E-state index contributed by atoms with van der Waals surface area (Å²) in [6.07, 6.45) is 0.897. The van der Waals surface area contributed by atoms with Crippen LogP contribution in [0.4, 0.5) is 10.2 Å². The molecule has 12 heteroatoms. The predicted octanol–water partition coefficient (Wildman–Crippen LogP) is 2.91. The first kappa shape index (κ1) is 26.7. The number of anilines is 1. The van der Waals surface area contributed by atoms with Crippen LogP contribution in [0.15, 0.2) is 60.9 Å². The topological polar surface area (TPSA) is 126 Å². The second-order valence-corrected chi connectivity index (χ2v) is 11.4. The summed E-state index contributed by atoms with van der Waals surface area (Å²) in [6, 6.07) is 17.4. The van der Waals surface area contributed by atoms with Gasteiger partial charge < -0.3 is 15.6 Å². The number of benzene rings is 2. The van der Waals surface area contributed by atoms with E-state index in [9.17, 15) is 4.79 Å². The lowest BCUT2D eigenvalue weighted by Gasteiger charge is -2.55. The number of nitrogens with zero attached hydrogens (tertiary/aromatic N) is 7. The Balaban J connectivity index is 1.04. The van der Waals surface area contributed by atoms with Crippen molar-refractivity contribution in [3.8, 4) is 22.8 Å². The molecule has 7 rings (SSSR count). The minimum atomic E-state index is -1.11. The van der Waals surface area contributed by atoms with E-state index in [4.69, 9.17) is 20.7 Å². The van der Waals surface area contributed by atoms with Crippen LogP contribution in [0.5, 0.6) is 11.5 Å². The molecule has 5 heterocycles. The summed E-state index contributed by atoms with van der Waals surface area (Å²) >= 11 is 0. The summed E-state index contributed by atoms with van der Waals surface area (Å²) in [5, 5.41) is 14.4. The fourth-order valence-corrected chi connectivity index (χ4v) is 6.37. The van der Waals surface area contributed by atoms with E-state index in [0.29, 0.717) is 53.3 Å². The molecule has 3 saturated heterocycles. The molecule has 2 atom stereocenters. The lowest BCUT2D eigenvalue weighted by atomic mass is 9.95. The van der Waals surface area contributed by atoms with Crippen molar-refractivity contribution in [2.45, 2.75) is 30.7 Å². The second kappa shape index (κ2) is 10.9. The average molecular weight is 573 g/mol. The number of ether oxygens (including phenoxy) is 1. The molecule has 0 bridgehead atoms. The Labute approximate surface area is 242 Å². The van der Waals surface area contributed by atoms with Crippen LogP contribution in [-0.2, 0) is 4.79 Å². The molecule has 0 amide bonds. The number of carboxylic acid groups (broad SMARTS) is 1. The number of piperidine rings is 1. The van der Waals surface area contributed by atoms with Crippen molar-refractivity contribution in [1.29, 1.82) is 0 Å². The van der Waals surface area contributed by atoms with Gasteiger partial charge in [0.05, 0.1) is 18.0 Å². The molecule has 3 aliphatic heterocycles. The number of nitrogen functional groups attached to an aromatic ring is 1. The van der Waals surface area contributed by atoms with Gasteiger partial charge in [-0.2, -0.15) is 5.10 Å². The van der Waals surface area contributed by atoms with E-state index >= 15 is 4.39 Å². The molecule has 3 aliphatic rings. The van der Waals surface area contributed by atoms with E-state index in [0.717, 1.165) is 44.0 Å². The first-order valence-electron chi connectivity index (χ1n) is 14.3. The van der Waals surface area contributed by atoms with Crippen molar-refractivity contribution in [2.24, 2.45) is 0 Å². The minimum absolute atomic E-state index is 0.0964. The number of hydrogen-bond donors (Lipinski definition) is 2. The third kappa shape index (κ3) is 5.06. The standard InChI is InChI=1S/C30H33FN8O3/c31-24-16-37(21-14-38(15-21)20-12-36(13-20)17-26(40)41)11-10-25(24)39-30-27(29(32)33-18-34-30)28(35-39)19-6-8-23(9-7-19)42-22-4-2-1-3-5-22/h1-9,18,20-21,24-25H,10-17H2,(H,40,41)(H2,32,33,34)/t24-,25-/m1/s1. The van der Waals surface area contributed by atoms with E-state index in [-0.39, 0.29) is 6.54 Å². The third-order valence-corrected chi connectivity index (χ3v) is 8.70. The van der Waals surface area contributed by atoms with Crippen LogP contribution in [0.25, 0.3) is 22.3 Å². The summed E-state index contributed by atoms with van der Waals surface area (Å²) in [7, 11) is 0. The number of fused-ring (bicyclic) bond motifs is 1. The zero-order valence-electron chi connectivity index (χ0n) is 23.1. The highest BCUT2D eigenvalue weighted by Crippen LogP contribution is 2.37. The van der Waals surface area contributed by atoms with Crippen molar-refractivity contribution in [3.63, 3.8) is 0 Å². The van der Waals surface area contributed by atoms with Crippen molar-refractivity contribution in [1.82, 2.24) is 34.4 Å². The number of likely N-dealkylation sites (tertiary alicyclic amines) is 3. The molecule has 2 aromatic carbocycles. The third-order valence-electron chi connectivity index (χ3n) is 8.70. The molecule has 4 aromatic rings. The summed E-state index contributed by atoms with van der Waals surface area (Å²) in [6.45, 7) is 4.56. The van der Waals surface area contributed by atoms with Gasteiger partial charge in [0.25, 0.3) is 0 Å². The number of para-hydroxylation sites is 1. The Bertz CT molecular complexity index is 1570. The van der Waals surface area contributed by atoms with Crippen LogP contribution < -0.4 is 10.5 Å². The molecule has 0 unspecified atom stereocenters. The van der Waals surface area contributed by atoms with Gasteiger partial charge in [0.2, 0.25) is 0 Å². The fraction of sp³-hybridized carbons (Fsp3) is 0.400. The van der Waals surface area contributed by atoms with Gasteiger partial charge in [-0.1, -0.05) is 18.2 Å². The molecule has 0 radical (unpaired) electrons. The molecular weight excluding hydrogens is 539 g/mol. The maximum absolute atomic E-state index is 15.8. The van der Waals surface area contributed by atoms with Gasteiger partial charge in [-0.3, -0.25) is 19.5 Å². The summed E-state index contributed by atoms with van der Waals surface area (Å²) < 4.78 is 23.5. The molecule has 0 spiro atoms. The lowest BCUT2D eigenvalue weighted by Crippen LogP contribution is -2.70. The Morgan fingerprint density at radius 3 is 2.38 bits per heavy atom. The van der Waals surface area contributed by atoms with Gasteiger partial charge in [-0.05, 0) is 42.8 Å². The van der Waals surface area contributed by atoms with Crippen molar-refractivity contribution < 1.29 is 19.0 Å². The molecule has 2 aromatic heterocycles. The summed E-state index contributed by atoms with van der Waals surface area (Å²) in [5.74, 6) is 0.965. The maximum Gasteiger partial charge on any atom is 0.317 e. The normalized spacial score (nSPS) is 22.6. The van der Waals surface area contributed by atoms with Crippen LogP contribution in [0, 0.1) is 0 Å². The molecule has 42 heavy (non-hydrogen) atoms. The molecule has 3 N–H and O–H groups in total. The van der Waals surface area contributed by atoms with E-state index < -0.39 is 18.2 Å². The number of aliphatic carboxylic acids is 1. The number of alkyl halides is 1. The number of aromatic nitrogens is 4. The van der Waals surface area contributed by atoms with Gasteiger partial charge in [-0.15, -0.1) is 0 Å². The monoisotopic (exact) mass is 572 g/mol. The zero-order chi connectivity index (χ0) is 28.8. The number of carboxylic acids is 1. The Kier molecular flexibility index (Phi) is 6.96. The van der Waals surface area contributed by atoms with E-state index in [2.05, 4.69) is 19.8 Å². The molecular formula is C30H33FN8O3. The Hall–Kier alpha value is -4.13. The highest BCUT2D eigenvalue weighted by molar-refractivity contribution is 5.98. The van der Waals surface area contributed by atoms with Crippen molar-refractivity contribution in [2.75, 3.05) is 51.5 Å². The molecule has 218 valence electrons. The number of carbonyl (C=O) groups is 1. The van der Waals surface area contributed by atoms with Crippen LogP contribution in [0.3, 0.4) is 0 Å². The predicted molar refractivity (Wildman–Crippen MR) is 155 cm³/mol. The number of nitrogens with two attached hydrogens (primary N) is 1. The zero-order valence-corrected chi connectivity index (χ0v) is 23.1. The van der Waals surface area contributed by atoms with Crippen LogP contribution >= 0.6 is 0 Å². The van der Waals surface area contributed by atoms with E-state index in [1.165, 1.54) is 6.33 Å². The lowest BCUT2D eigenvalue weighted by molar-refractivity contribution is -0.141.